The van der Waals surface area contributed by atoms with Crippen molar-refractivity contribution >= 4 is 5.91 Å². The second-order valence-electron chi connectivity index (χ2n) is 3.03. The SMILES string of the molecule is C[NH2+]CCC(=O)N1CCCC1. The third-order valence-corrected chi connectivity index (χ3v) is 2.11. The van der Waals surface area contributed by atoms with Crippen molar-refractivity contribution in [3.8, 4) is 0 Å². The molecule has 1 fully saturated rings. The van der Waals surface area contributed by atoms with Crippen LogP contribution >= 0.6 is 0 Å². The van der Waals surface area contributed by atoms with Gasteiger partial charge in [-0.15, -0.1) is 0 Å². The van der Waals surface area contributed by atoms with Gasteiger partial charge in [-0.1, -0.05) is 0 Å². The molecule has 0 aromatic rings. The quantitative estimate of drug-likeness (QED) is 0.571. The summed E-state index contributed by atoms with van der Waals surface area (Å²) in [5.41, 5.74) is 0. The van der Waals surface area contributed by atoms with Crippen LogP contribution in [-0.4, -0.2) is 37.5 Å². The van der Waals surface area contributed by atoms with Crippen LogP contribution in [0.15, 0.2) is 0 Å². The van der Waals surface area contributed by atoms with Crippen LogP contribution in [0.2, 0.25) is 0 Å². The summed E-state index contributed by atoms with van der Waals surface area (Å²) in [7, 11) is 2.00. The largest absolute Gasteiger partial charge is 0.348 e. The van der Waals surface area contributed by atoms with Crippen molar-refractivity contribution in [2.24, 2.45) is 0 Å². The Bertz CT molecular complexity index is 130. The Balaban J connectivity index is 2.17. The standard InChI is InChI=1S/C8H16N2O/c1-9-5-4-8(11)10-6-2-3-7-10/h9H,2-7H2,1H3/p+1. The maximum absolute atomic E-state index is 11.3. The number of amides is 1. The molecule has 1 aliphatic heterocycles. The number of hydrogen-bond acceptors (Lipinski definition) is 1. The fraction of sp³-hybridized carbons (Fsp3) is 0.875. The van der Waals surface area contributed by atoms with Crippen molar-refractivity contribution in [1.82, 2.24) is 4.90 Å². The average Bonchev–Trinajstić information content (AvgIpc) is 2.52. The highest BCUT2D eigenvalue weighted by atomic mass is 16.2. The summed E-state index contributed by atoms with van der Waals surface area (Å²) >= 11 is 0. The lowest BCUT2D eigenvalue weighted by atomic mass is 10.4. The average molecular weight is 157 g/mol. The lowest BCUT2D eigenvalue weighted by Gasteiger charge is -2.13. The van der Waals surface area contributed by atoms with E-state index in [2.05, 4.69) is 0 Å². The predicted molar refractivity (Wildman–Crippen MR) is 43.1 cm³/mol. The van der Waals surface area contributed by atoms with Gasteiger partial charge >= 0.3 is 0 Å². The van der Waals surface area contributed by atoms with Crippen molar-refractivity contribution in [2.75, 3.05) is 26.7 Å². The summed E-state index contributed by atoms with van der Waals surface area (Å²) in [6, 6.07) is 0. The minimum absolute atomic E-state index is 0.334. The van der Waals surface area contributed by atoms with Gasteiger partial charge in [0.2, 0.25) is 5.91 Å². The Kier molecular flexibility index (Phi) is 3.36. The molecule has 1 rings (SSSR count). The van der Waals surface area contributed by atoms with Crippen molar-refractivity contribution in [3.63, 3.8) is 0 Å². The van der Waals surface area contributed by atoms with Crippen LogP contribution < -0.4 is 5.32 Å². The van der Waals surface area contributed by atoms with Gasteiger partial charge in [-0.3, -0.25) is 4.79 Å². The van der Waals surface area contributed by atoms with Crippen LogP contribution in [-0.2, 0) is 4.79 Å². The van der Waals surface area contributed by atoms with Gasteiger partial charge in [0.25, 0.3) is 0 Å². The van der Waals surface area contributed by atoms with E-state index in [-0.39, 0.29) is 0 Å². The molecule has 1 heterocycles. The molecule has 1 amide bonds. The third kappa shape index (κ3) is 2.50. The second-order valence-corrected chi connectivity index (χ2v) is 3.03. The molecule has 0 aromatic heterocycles. The molecule has 3 nitrogen and oxygen atoms in total. The van der Waals surface area contributed by atoms with E-state index in [9.17, 15) is 4.79 Å². The van der Waals surface area contributed by atoms with Gasteiger partial charge in [-0.25, -0.2) is 0 Å². The summed E-state index contributed by atoms with van der Waals surface area (Å²) in [5.74, 6) is 0.334. The molecule has 0 saturated carbocycles. The van der Waals surface area contributed by atoms with E-state index in [0.717, 1.165) is 19.6 Å². The lowest BCUT2D eigenvalue weighted by molar-refractivity contribution is -0.625. The molecule has 11 heavy (non-hydrogen) atoms. The summed E-state index contributed by atoms with van der Waals surface area (Å²) in [4.78, 5) is 13.3. The molecular formula is C8H17N2O+. The van der Waals surface area contributed by atoms with Crippen LogP contribution in [0.25, 0.3) is 0 Å². The Morgan fingerprint density at radius 3 is 2.64 bits per heavy atom. The summed E-state index contributed by atoms with van der Waals surface area (Å²) in [6.07, 6.45) is 3.10. The van der Waals surface area contributed by atoms with Crippen LogP contribution in [0.5, 0.6) is 0 Å². The molecule has 0 aliphatic carbocycles. The number of quaternary nitrogens is 1. The maximum Gasteiger partial charge on any atom is 0.228 e. The molecule has 1 saturated heterocycles. The molecule has 64 valence electrons. The van der Waals surface area contributed by atoms with Crippen molar-refractivity contribution in [2.45, 2.75) is 19.3 Å². The monoisotopic (exact) mass is 157 g/mol. The van der Waals surface area contributed by atoms with Gasteiger partial charge < -0.3 is 10.2 Å². The number of nitrogens with two attached hydrogens (primary N) is 1. The highest BCUT2D eigenvalue weighted by Gasteiger charge is 2.17. The minimum Gasteiger partial charge on any atom is -0.348 e. The van der Waals surface area contributed by atoms with E-state index < -0.39 is 0 Å². The van der Waals surface area contributed by atoms with E-state index in [1.807, 2.05) is 17.3 Å². The van der Waals surface area contributed by atoms with Crippen LogP contribution in [0.3, 0.4) is 0 Å². The van der Waals surface area contributed by atoms with Crippen LogP contribution in [0.1, 0.15) is 19.3 Å². The van der Waals surface area contributed by atoms with Gasteiger partial charge in [0, 0.05) is 13.1 Å². The molecule has 0 aromatic carbocycles. The fourth-order valence-corrected chi connectivity index (χ4v) is 1.39. The Morgan fingerprint density at radius 1 is 1.45 bits per heavy atom. The van der Waals surface area contributed by atoms with Gasteiger partial charge in [0.1, 0.15) is 0 Å². The Labute approximate surface area is 67.8 Å². The summed E-state index contributed by atoms with van der Waals surface area (Å²) < 4.78 is 0. The molecule has 0 bridgehead atoms. The molecular weight excluding hydrogens is 140 g/mol. The summed E-state index contributed by atoms with van der Waals surface area (Å²) in [6.45, 7) is 2.90. The van der Waals surface area contributed by atoms with E-state index in [0.29, 0.717) is 12.3 Å². The highest BCUT2D eigenvalue weighted by molar-refractivity contribution is 5.76. The third-order valence-electron chi connectivity index (χ3n) is 2.11. The Morgan fingerprint density at radius 2 is 2.09 bits per heavy atom. The van der Waals surface area contributed by atoms with E-state index in [1.54, 1.807) is 0 Å². The smallest absolute Gasteiger partial charge is 0.228 e. The van der Waals surface area contributed by atoms with Crippen LogP contribution in [0, 0.1) is 0 Å². The topological polar surface area (TPSA) is 36.9 Å². The van der Waals surface area contributed by atoms with Gasteiger partial charge in [0.15, 0.2) is 0 Å². The first-order valence-electron chi connectivity index (χ1n) is 4.40. The number of rotatable bonds is 3. The zero-order chi connectivity index (χ0) is 8.10. The zero-order valence-corrected chi connectivity index (χ0v) is 7.18. The first kappa shape index (κ1) is 8.53. The molecule has 0 unspecified atom stereocenters. The van der Waals surface area contributed by atoms with Gasteiger partial charge in [-0.2, -0.15) is 0 Å². The van der Waals surface area contributed by atoms with Crippen molar-refractivity contribution in [3.05, 3.63) is 0 Å². The van der Waals surface area contributed by atoms with Crippen molar-refractivity contribution in [1.29, 1.82) is 0 Å². The maximum atomic E-state index is 11.3. The number of likely N-dealkylation sites (tertiary alicyclic amines) is 1. The molecule has 3 heteroatoms. The summed E-state index contributed by atoms with van der Waals surface area (Å²) in [5, 5.41) is 2.05. The molecule has 0 spiro atoms. The lowest BCUT2D eigenvalue weighted by Crippen LogP contribution is -2.80. The molecule has 2 N–H and O–H groups in total. The van der Waals surface area contributed by atoms with E-state index in [1.165, 1.54) is 12.8 Å². The molecule has 0 radical (unpaired) electrons. The second kappa shape index (κ2) is 4.34. The van der Waals surface area contributed by atoms with Crippen LogP contribution in [0.4, 0.5) is 0 Å². The van der Waals surface area contributed by atoms with Gasteiger partial charge in [0.05, 0.1) is 20.0 Å². The Hall–Kier alpha value is -0.570. The van der Waals surface area contributed by atoms with E-state index in [4.69, 9.17) is 0 Å². The number of carbonyl (C=O) groups is 1. The number of nitrogens with zero attached hydrogens (tertiary/aromatic N) is 1. The minimum atomic E-state index is 0.334. The number of hydrogen-bond donors (Lipinski definition) is 1. The fourth-order valence-electron chi connectivity index (χ4n) is 1.39. The molecule has 1 aliphatic rings. The van der Waals surface area contributed by atoms with Crippen molar-refractivity contribution < 1.29 is 10.1 Å². The highest BCUT2D eigenvalue weighted by Crippen LogP contribution is 2.07. The zero-order valence-electron chi connectivity index (χ0n) is 7.18. The van der Waals surface area contributed by atoms with Gasteiger partial charge in [-0.05, 0) is 12.8 Å². The van der Waals surface area contributed by atoms with E-state index >= 15 is 0 Å². The normalized spacial score (nSPS) is 17.4. The molecule has 0 atom stereocenters. The predicted octanol–water partition coefficient (Wildman–Crippen LogP) is -0.808. The first-order valence-corrected chi connectivity index (χ1v) is 4.40. The first-order chi connectivity index (χ1) is 5.34. The number of carbonyl (C=O) groups excluding carboxylic acids is 1.